The molecule has 2 aromatic rings. The van der Waals surface area contributed by atoms with Crippen molar-refractivity contribution in [2.24, 2.45) is 0 Å². The first-order chi connectivity index (χ1) is 8.67. The summed E-state index contributed by atoms with van der Waals surface area (Å²) in [7, 11) is 1.79. The van der Waals surface area contributed by atoms with Crippen LogP contribution in [0, 0.1) is 0 Å². The summed E-state index contributed by atoms with van der Waals surface area (Å²) >= 11 is 1.41. The molecule has 5 N–H and O–H groups in total. The highest BCUT2D eigenvalue weighted by Crippen LogP contribution is 2.20. The van der Waals surface area contributed by atoms with E-state index in [2.05, 4.69) is 25.3 Å². The maximum Gasteiger partial charge on any atom is 0.191 e. The minimum absolute atomic E-state index is 0.363. The highest BCUT2D eigenvalue weighted by Gasteiger charge is 2.03. The van der Waals surface area contributed by atoms with E-state index in [4.69, 9.17) is 11.5 Å². The van der Waals surface area contributed by atoms with Gasteiger partial charge in [-0.3, -0.25) is 4.98 Å². The van der Waals surface area contributed by atoms with Gasteiger partial charge < -0.3 is 16.8 Å². The number of rotatable bonds is 4. The van der Waals surface area contributed by atoms with Crippen LogP contribution in [-0.2, 0) is 5.75 Å². The molecule has 0 unspecified atom stereocenters. The summed E-state index contributed by atoms with van der Waals surface area (Å²) in [4.78, 5) is 16.6. The normalized spacial score (nSPS) is 10.3. The number of thioether (sulfide) groups is 1. The lowest BCUT2D eigenvalue weighted by Crippen LogP contribution is -2.00. The van der Waals surface area contributed by atoms with Crippen LogP contribution in [0.4, 0.5) is 17.5 Å². The van der Waals surface area contributed by atoms with Crippen LogP contribution < -0.4 is 16.8 Å². The number of nitrogens with one attached hydrogen (secondary N) is 1. The van der Waals surface area contributed by atoms with Gasteiger partial charge in [0.2, 0.25) is 0 Å². The molecular formula is C10H13N7S. The highest BCUT2D eigenvalue weighted by atomic mass is 32.2. The van der Waals surface area contributed by atoms with Crippen molar-refractivity contribution in [3.05, 3.63) is 24.2 Å². The van der Waals surface area contributed by atoms with E-state index in [1.165, 1.54) is 17.8 Å². The van der Waals surface area contributed by atoms with E-state index in [1.807, 2.05) is 0 Å². The topological polar surface area (TPSA) is 116 Å². The molecule has 0 saturated carbocycles. The van der Waals surface area contributed by atoms with Crippen LogP contribution in [-0.4, -0.2) is 27.0 Å². The lowest BCUT2D eigenvalue weighted by Gasteiger charge is -2.03. The predicted molar refractivity (Wildman–Crippen MR) is 72.0 cm³/mol. The van der Waals surface area contributed by atoms with Crippen LogP contribution in [0.25, 0.3) is 0 Å². The molecule has 2 rings (SSSR count). The van der Waals surface area contributed by atoms with E-state index in [0.717, 1.165) is 11.5 Å². The maximum absolute atomic E-state index is 5.59. The number of hydrogen-bond acceptors (Lipinski definition) is 8. The molecule has 0 fully saturated rings. The summed E-state index contributed by atoms with van der Waals surface area (Å²) in [5, 5.41) is 3.44. The predicted octanol–water partition coefficient (Wildman–Crippen LogP) is 0.765. The molecule has 94 valence electrons. The lowest BCUT2D eigenvalue weighted by atomic mass is 10.5. The Kier molecular flexibility index (Phi) is 3.78. The molecule has 2 aromatic heterocycles. The zero-order valence-electron chi connectivity index (χ0n) is 9.79. The van der Waals surface area contributed by atoms with Crippen molar-refractivity contribution < 1.29 is 0 Å². The molecule has 0 amide bonds. The van der Waals surface area contributed by atoms with Crippen molar-refractivity contribution in [1.82, 2.24) is 19.9 Å². The van der Waals surface area contributed by atoms with Gasteiger partial charge in [-0.1, -0.05) is 11.8 Å². The second kappa shape index (κ2) is 5.50. The van der Waals surface area contributed by atoms with Crippen molar-refractivity contribution in [3.63, 3.8) is 0 Å². The van der Waals surface area contributed by atoms with E-state index >= 15 is 0 Å². The summed E-state index contributed by atoms with van der Waals surface area (Å²) in [5.41, 5.74) is 12.0. The molecule has 18 heavy (non-hydrogen) atoms. The van der Waals surface area contributed by atoms with Crippen molar-refractivity contribution in [1.29, 1.82) is 0 Å². The summed E-state index contributed by atoms with van der Waals surface area (Å²) in [5.74, 6) is 2.07. The van der Waals surface area contributed by atoms with Crippen LogP contribution >= 0.6 is 11.8 Å². The Morgan fingerprint density at radius 1 is 1.17 bits per heavy atom. The Bertz CT molecular complexity index is 508. The zero-order chi connectivity index (χ0) is 13.0. The average Bonchev–Trinajstić information content (AvgIpc) is 2.36. The number of nitrogens with two attached hydrogens (primary N) is 2. The second-order valence-electron chi connectivity index (χ2n) is 3.43. The van der Waals surface area contributed by atoms with Gasteiger partial charge in [0.1, 0.15) is 17.5 Å². The third-order valence-electron chi connectivity index (χ3n) is 2.06. The molecule has 0 spiro atoms. The SMILES string of the molecule is CNc1cnc(CSc2nc(N)cc(N)n2)cn1. The Labute approximate surface area is 108 Å². The van der Waals surface area contributed by atoms with E-state index in [0.29, 0.717) is 22.5 Å². The summed E-state index contributed by atoms with van der Waals surface area (Å²) in [6.07, 6.45) is 3.37. The fourth-order valence-electron chi connectivity index (χ4n) is 1.22. The average molecular weight is 263 g/mol. The fourth-order valence-corrected chi connectivity index (χ4v) is 1.99. The molecule has 7 nitrogen and oxygen atoms in total. The number of nitrogens with zero attached hydrogens (tertiary/aromatic N) is 4. The van der Waals surface area contributed by atoms with Gasteiger partial charge in [-0.15, -0.1) is 0 Å². The molecule has 8 heteroatoms. The van der Waals surface area contributed by atoms with Crippen LogP contribution in [0.5, 0.6) is 0 Å². The van der Waals surface area contributed by atoms with Gasteiger partial charge in [-0.2, -0.15) is 0 Å². The van der Waals surface area contributed by atoms with Crippen molar-refractivity contribution in [2.45, 2.75) is 10.9 Å². The van der Waals surface area contributed by atoms with Crippen molar-refractivity contribution >= 4 is 29.2 Å². The summed E-state index contributed by atoms with van der Waals surface area (Å²) < 4.78 is 0. The first-order valence-corrected chi connectivity index (χ1v) is 6.17. The molecule has 2 heterocycles. The molecule has 0 aromatic carbocycles. The maximum atomic E-state index is 5.59. The largest absolute Gasteiger partial charge is 0.383 e. The van der Waals surface area contributed by atoms with Gasteiger partial charge in [0.05, 0.1) is 18.1 Å². The fraction of sp³-hybridized carbons (Fsp3) is 0.200. The van der Waals surface area contributed by atoms with Crippen LogP contribution in [0.1, 0.15) is 5.69 Å². The highest BCUT2D eigenvalue weighted by molar-refractivity contribution is 7.98. The van der Waals surface area contributed by atoms with Gasteiger partial charge in [0.15, 0.2) is 5.16 Å². The minimum Gasteiger partial charge on any atom is -0.383 e. The number of aromatic nitrogens is 4. The first kappa shape index (κ1) is 12.4. The quantitative estimate of drug-likeness (QED) is 0.547. The first-order valence-electron chi connectivity index (χ1n) is 5.19. The Morgan fingerprint density at radius 2 is 1.89 bits per heavy atom. The van der Waals surface area contributed by atoms with Crippen LogP contribution in [0.3, 0.4) is 0 Å². The monoisotopic (exact) mass is 263 g/mol. The standard InChI is InChI=1S/C10H13N7S/c1-13-9-4-14-6(3-15-9)5-18-10-16-7(11)2-8(12)17-10/h2-4H,5H2,1H3,(H,13,15)(H4,11,12,16,17). The van der Waals surface area contributed by atoms with E-state index < -0.39 is 0 Å². The Balaban J connectivity index is 2.01. The van der Waals surface area contributed by atoms with Gasteiger partial charge in [0.25, 0.3) is 0 Å². The van der Waals surface area contributed by atoms with Crippen molar-refractivity contribution in [2.75, 3.05) is 23.8 Å². The summed E-state index contributed by atoms with van der Waals surface area (Å²) in [6.45, 7) is 0. The van der Waals surface area contributed by atoms with Crippen molar-refractivity contribution in [3.8, 4) is 0 Å². The number of hydrogen-bond donors (Lipinski definition) is 3. The number of anilines is 3. The Hall–Kier alpha value is -2.09. The van der Waals surface area contributed by atoms with Gasteiger partial charge >= 0.3 is 0 Å². The third-order valence-corrected chi connectivity index (χ3v) is 2.94. The molecule has 0 saturated heterocycles. The number of nitrogen functional groups attached to an aromatic ring is 2. The van der Waals surface area contributed by atoms with Crippen LogP contribution in [0.15, 0.2) is 23.6 Å². The molecule has 0 atom stereocenters. The molecule has 0 aliphatic carbocycles. The molecule has 0 aliphatic heterocycles. The lowest BCUT2D eigenvalue weighted by molar-refractivity contribution is 0.980. The third kappa shape index (κ3) is 3.20. The molecular weight excluding hydrogens is 250 g/mol. The smallest absolute Gasteiger partial charge is 0.191 e. The molecule has 0 bridgehead atoms. The zero-order valence-corrected chi connectivity index (χ0v) is 10.6. The van der Waals surface area contributed by atoms with E-state index in [-0.39, 0.29) is 0 Å². The van der Waals surface area contributed by atoms with Crippen LogP contribution in [0.2, 0.25) is 0 Å². The van der Waals surface area contributed by atoms with E-state index in [1.54, 1.807) is 19.4 Å². The molecule has 0 aliphatic rings. The second-order valence-corrected chi connectivity index (χ2v) is 4.37. The van der Waals surface area contributed by atoms with Gasteiger partial charge in [0, 0.05) is 18.9 Å². The Morgan fingerprint density at radius 3 is 2.44 bits per heavy atom. The molecule has 0 radical (unpaired) electrons. The van der Waals surface area contributed by atoms with Gasteiger partial charge in [-0.05, 0) is 0 Å². The summed E-state index contributed by atoms with van der Waals surface area (Å²) in [6, 6.07) is 1.52. The minimum atomic E-state index is 0.363. The van der Waals surface area contributed by atoms with E-state index in [9.17, 15) is 0 Å². The van der Waals surface area contributed by atoms with Gasteiger partial charge in [-0.25, -0.2) is 15.0 Å².